The first kappa shape index (κ1) is 14.6. The average Bonchev–Trinajstić information content (AvgIpc) is 2.56. The van der Waals surface area contributed by atoms with Crippen molar-refractivity contribution in [2.75, 3.05) is 0 Å². The van der Waals surface area contributed by atoms with Gasteiger partial charge in [-0.05, 0) is 46.9 Å². The maximum Gasteiger partial charge on any atom is 0.00731 e. The molecule has 0 heteroatoms. The molecular formula is C22H22. The van der Waals surface area contributed by atoms with Crippen LogP contribution < -0.4 is 0 Å². The summed E-state index contributed by atoms with van der Waals surface area (Å²) in [6.07, 6.45) is 4.36. The third-order valence-electron chi connectivity index (χ3n) is 4.45. The molecule has 0 heterocycles. The van der Waals surface area contributed by atoms with Crippen LogP contribution in [0.25, 0.3) is 16.8 Å². The number of hydrogen-bond acceptors (Lipinski definition) is 0. The summed E-state index contributed by atoms with van der Waals surface area (Å²) in [5.41, 5.74) is 5.48. The van der Waals surface area contributed by atoms with E-state index in [-0.39, 0.29) is 0 Å². The lowest BCUT2D eigenvalue weighted by Gasteiger charge is -2.19. The molecule has 0 fully saturated rings. The molecule has 0 aromatic heterocycles. The van der Waals surface area contributed by atoms with Crippen molar-refractivity contribution in [2.45, 2.75) is 26.7 Å². The lowest BCUT2D eigenvalue weighted by Crippen LogP contribution is -2.01. The van der Waals surface area contributed by atoms with E-state index in [4.69, 9.17) is 0 Å². The van der Waals surface area contributed by atoms with Crippen molar-refractivity contribution in [3.05, 3.63) is 89.0 Å². The van der Waals surface area contributed by atoms with Gasteiger partial charge in [-0.1, -0.05) is 79.7 Å². The average molecular weight is 286 g/mol. The molecule has 110 valence electrons. The van der Waals surface area contributed by atoms with Gasteiger partial charge in [-0.25, -0.2) is 0 Å². The minimum absolute atomic E-state index is 0.372. The molecule has 1 unspecified atom stereocenters. The highest BCUT2D eigenvalue weighted by Crippen LogP contribution is 2.33. The monoisotopic (exact) mass is 286 g/mol. The van der Waals surface area contributed by atoms with Crippen LogP contribution in [0.3, 0.4) is 0 Å². The highest BCUT2D eigenvalue weighted by atomic mass is 14.2. The SMILES string of the molecule is C/C=C\c1c(C)cccc1C(C)c1cccc2ccccc12. The Morgan fingerprint density at radius 3 is 2.32 bits per heavy atom. The molecule has 1 atom stereocenters. The number of aryl methyl sites for hydroxylation is 1. The molecule has 3 aromatic rings. The summed E-state index contributed by atoms with van der Waals surface area (Å²) in [6, 6.07) is 21.9. The first-order valence-electron chi connectivity index (χ1n) is 7.92. The summed E-state index contributed by atoms with van der Waals surface area (Å²) in [5.74, 6) is 0.372. The molecule has 0 N–H and O–H groups in total. The van der Waals surface area contributed by atoms with Crippen LogP contribution in [-0.2, 0) is 0 Å². The van der Waals surface area contributed by atoms with Crippen LogP contribution in [0, 0.1) is 6.92 Å². The minimum Gasteiger partial charge on any atom is -0.0870 e. The van der Waals surface area contributed by atoms with Gasteiger partial charge in [0.15, 0.2) is 0 Å². The van der Waals surface area contributed by atoms with Crippen molar-refractivity contribution in [1.82, 2.24) is 0 Å². The van der Waals surface area contributed by atoms with Gasteiger partial charge < -0.3 is 0 Å². The number of allylic oxidation sites excluding steroid dienone is 1. The Morgan fingerprint density at radius 1 is 0.818 bits per heavy atom. The summed E-state index contributed by atoms with van der Waals surface area (Å²) in [7, 11) is 0. The van der Waals surface area contributed by atoms with Gasteiger partial charge in [0.2, 0.25) is 0 Å². The molecule has 0 aliphatic rings. The van der Waals surface area contributed by atoms with E-state index in [9.17, 15) is 0 Å². The molecule has 3 aromatic carbocycles. The Bertz CT molecular complexity index is 819. The van der Waals surface area contributed by atoms with Crippen LogP contribution in [0.2, 0.25) is 0 Å². The fraction of sp³-hybridized carbons (Fsp3) is 0.182. The maximum atomic E-state index is 2.31. The molecule has 0 aliphatic heterocycles. The van der Waals surface area contributed by atoms with Crippen LogP contribution in [0.5, 0.6) is 0 Å². The topological polar surface area (TPSA) is 0 Å². The zero-order valence-corrected chi connectivity index (χ0v) is 13.5. The van der Waals surface area contributed by atoms with Crippen molar-refractivity contribution >= 4 is 16.8 Å². The van der Waals surface area contributed by atoms with Crippen LogP contribution in [0.4, 0.5) is 0 Å². The van der Waals surface area contributed by atoms with Crippen molar-refractivity contribution < 1.29 is 0 Å². The Labute approximate surface area is 133 Å². The normalized spacial score (nSPS) is 12.9. The Balaban J connectivity index is 2.18. The molecule has 0 nitrogen and oxygen atoms in total. The summed E-state index contributed by atoms with van der Waals surface area (Å²) in [4.78, 5) is 0. The molecule has 0 radical (unpaired) electrons. The van der Waals surface area contributed by atoms with Crippen LogP contribution >= 0.6 is 0 Å². The third-order valence-corrected chi connectivity index (χ3v) is 4.45. The van der Waals surface area contributed by atoms with Crippen molar-refractivity contribution in [3.63, 3.8) is 0 Å². The zero-order valence-electron chi connectivity index (χ0n) is 13.5. The zero-order chi connectivity index (χ0) is 15.5. The Kier molecular flexibility index (Phi) is 4.11. The van der Waals surface area contributed by atoms with Gasteiger partial charge in [0.05, 0.1) is 0 Å². The van der Waals surface area contributed by atoms with Gasteiger partial charge in [0.1, 0.15) is 0 Å². The van der Waals surface area contributed by atoms with Gasteiger partial charge >= 0.3 is 0 Å². The van der Waals surface area contributed by atoms with E-state index in [1.807, 2.05) is 0 Å². The first-order chi connectivity index (χ1) is 10.7. The molecule has 0 saturated carbocycles. The van der Waals surface area contributed by atoms with E-state index < -0.39 is 0 Å². The second-order valence-corrected chi connectivity index (χ2v) is 5.87. The summed E-state index contributed by atoms with van der Waals surface area (Å²) >= 11 is 0. The second kappa shape index (κ2) is 6.19. The Hall–Kier alpha value is -2.34. The van der Waals surface area contributed by atoms with Crippen LogP contribution in [0.15, 0.2) is 66.7 Å². The van der Waals surface area contributed by atoms with E-state index in [1.54, 1.807) is 0 Å². The fourth-order valence-electron chi connectivity index (χ4n) is 3.27. The number of rotatable bonds is 3. The third kappa shape index (κ3) is 2.57. The van der Waals surface area contributed by atoms with Gasteiger partial charge in [-0.2, -0.15) is 0 Å². The smallest absolute Gasteiger partial charge is 0.00731 e. The lowest BCUT2D eigenvalue weighted by atomic mass is 9.85. The molecule has 0 spiro atoms. The first-order valence-corrected chi connectivity index (χ1v) is 7.92. The summed E-state index contributed by atoms with van der Waals surface area (Å²) < 4.78 is 0. The number of benzene rings is 3. The molecule has 0 saturated heterocycles. The quantitative estimate of drug-likeness (QED) is 0.527. The highest BCUT2D eigenvalue weighted by molar-refractivity contribution is 5.86. The Morgan fingerprint density at radius 2 is 1.50 bits per heavy atom. The molecular weight excluding hydrogens is 264 g/mol. The number of hydrogen-bond donors (Lipinski definition) is 0. The largest absolute Gasteiger partial charge is 0.0870 e. The van der Waals surface area contributed by atoms with Crippen molar-refractivity contribution in [3.8, 4) is 0 Å². The van der Waals surface area contributed by atoms with E-state index in [2.05, 4.69) is 93.6 Å². The highest BCUT2D eigenvalue weighted by Gasteiger charge is 2.15. The maximum absolute atomic E-state index is 2.31. The molecule has 0 aliphatic carbocycles. The summed E-state index contributed by atoms with van der Waals surface area (Å²) in [5, 5.41) is 2.66. The predicted octanol–water partition coefficient (Wildman–Crippen LogP) is 6.33. The molecule has 0 bridgehead atoms. The summed E-state index contributed by atoms with van der Waals surface area (Å²) in [6.45, 7) is 6.58. The van der Waals surface area contributed by atoms with E-state index in [1.165, 1.54) is 33.0 Å². The van der Waals surface area contributed by atoms with Crippen molar-refractivity contribution in [1.29, 1.82) is 0 Å². The van der Waals surface area contributed by atoms with Crippen LogP contribution in [0.1, 0.15) is 42.0 Å². The predicted molar refractivity (Wildman–Crippen MR) is 97.4 cm³/mol. The van der Waals surface area contributed by atoms with Gasteiger partial charge in [-0.15, -0.1) is 0 Å². The van der Waals surface area contributed by atoms with E-state index in [0.717, 1.165) is 0 Å². The van der Waals surface area contributed by atoms with Gasteiger partial charge in [0, 0.05) is 5.92 Å². The molecule has 3 rings (SSSR count). The van der Waals surface area contributed by atoms with Crippen molar-refractivity contribution in [2.24, 2.45) is 0 Å². The van der Waals surface area contributed by atoms with Gasteiger partial charge in [-0.3, -0.25) is 0 Å². The number of fused-ring (bicyclic) bond motifs is 1. The lowest BCUT2D eigenvalue weighted by molar-refractivity contribution is 0.927. The van der Waals surface area contributed by atoms with E-state index >= 15 is 0 Å². The minimum atomic E-state index is 0.372. The molecule has 22 heavy (non-hydrogen) atoms. The second-order valence-electron chi connectivity index (χ2n) is 5.87. The fourth-order valence-corrected chi connectivity index (χ4v) is 3.27. The van der Waals surface area contributed by atoms with Gasteiger partial charge in [0.25, 0.3) is 0 Å². The van der Waals surface area contributed by atoms with E-state index in [0.29, 0.717) is 5.92 Å². The standard InChI is InChI=1S/C22H22/c1-4-9-19-16(2)10-7-14-20(19)17(3)21-15-8-12-18-11-5-6-13-22(18)21/h4-15,17H,1-3H3/b9-4-. The molecule has 0 amide bonds. The van der Waals surface area contributed by atoms with Crippen LogP contribution in [-0.4, -0.2) is 0 Å².